The summed E-state index contributed by atoms with van der Waals surface area (Å²) in [6.07, 6.45) is 2.90. The molecule has 0 aliphatic carbocycles. The van der Waals surface area contributed by atoms with Crippen molar-refractivity contribution in [3.8, 4) is 0 Å². The molecule has 25 heavy (non-hydrogen) atoms. The van der Waals surface area contributed by atoms with Crippen molar-refractivity contribution in [2.24, 2.45) is 0 Å². The van der Waals surface area contributed by atoms with Gasteiger partial charge in [0, 0.05) is 42.8 Å². The maximum absolute atomic E-state index is 12.9. The van der Waals surface area contributed by atoms with Gasteiger partial charge < -0.3 is 15.0 Å². The molecule has 132 valence electrons. The number of nitrogens with one attached hydrogen (secondary N) is 2. The molecule has 0 unspecified atom stereocenters. The molecule has 2 aliphatic heterocycles. The van der Waals surface area contributed by atoms with Crippen molar-refractivity contribution in [1.29, 1.82) is 0 Å². The fraction of sp³-hybridized carbons (Fsp3) is 0.471. The standard InChI is InChI=1S/C17H20N4O3S/c1-18-16(22)15-10-9-21(7-6-11(10)19-20-15)17(23)14-5-4-13(25-14)12-3-2-8-24-12/h4-5,12H,2-3,6-9H2,1H3,(H,18,22)(H,19,20)/t12-/m1/s1. The summed E-state index contributed by atoms with van der Waals surface area (Å²) < 4.78 is 5.70. The molecule has 1 fully saturated rings. The van der Waals surface area contributed by atoms with E-state index in [1.807, 2.05) is 12.1 Å². The van der Waals surface area contributed by atoms with Crippen LogP contribution in [0.5, 0.6) is 0 Å². The molecule has 0 radical (unpaired) electrons. The van der Waals surface area contributed by atoms with Crippen LogP contribution in [-0.2, 0) is 17.7 Å². The van der Waals surface area contributed by atoms with Gasteiger partial charge >= 0.3 is 0 Å². The molecule has 2 aliphatic rings. The Morgan fingerprint density at radius 2 is 2.32 bits per heavy atom. The number of carbonyl (C=O) groups excluding carboxylic acids is 2. The van der Waals surface area contributed by atoms with Crippen LogP contribution in [0, 0.1) is 0 Å². The Hall–Kier alpha value is -2.19. The Morgan fingerprint density at radius 3 is 3.08 bits per heavy atom. The van der Waals surface area contributed by atoms with Crippen molar-refractivity contribution in [2.45, 2.75) is 31.9 Å². The number of hydrogen-bond donors (Lipinski definition) is 2. The minimum Gasteiger partial charge on any atom is -0.373 e. The van der Waals surface area contributed by atoms with Crippen molar-refractivity contribution in [3.63, 3.8) is 0 Å². The zero-order valence-electron chi connectivity index (χ0n) is 14.0. The lowest BCUT2D eigenvalue weighted by Gasteiger charge is -2.26. The number of nitrogens with zero attached hydrogens (tertiary/aromatic N) is 2. The van der Waals surface area contributed by atoms with E-state index in [4.69, 9.17) is 4.74 Å². The van der Waals surface area contributed by atoms with E-state index < -0.39 is 0 Å². The van der Waals surface area contributed by atoms with E-state index in [0.717, 1.165) is 40.5 Å². The maximum Gasteiger partial charge on any atom is 0.271 e. The highest BCUT2D eigenvalue weighted by Gasteiger charge is 2.29. The monoisotopic (exact) mass is 360 g/mol. The second kappa shape index (κ2) is 6.61. The van der Waals surface area contributed by atoms with Gasteiger partial charge in [0.1, 0.15) is 0 Å². The molecule has 8 heteroatoms. The number of thiophene rings is 1. The lowest BCUT2D eigenvalue weighted by molar-refractivity contribution is 0.0736. The first-order valence-corrected chi connectivity index (χ1v) is 9.28. The molecule has 1 saturated heterocycles. The van der Waals surface area contributed by atoms with Crippen molar-refractivity contribution < 1.29 is 14.3 Å². The fourth-order valence-corrected chi connectivity index (χ4v) is 4.43. The predicted molar refractivity (Wildman–Crippen MR) is 92.7 cm³/mol. The largest absolute Gasteiger partial charge is 0.373 e. The number of aromatic amines is 1. The van der Waals surface area contributed by atoms with Crippen molar-refractivity contribution in [1.82, 2.24) is 20.4 Å². The summed E-state index contributed by atoms with van der Waals surface area (Å²) in [5.41, 5.74) is 2.13. The summed E-state index contributed by atoms with van der Waals surface area (Å²) in [6, 6.07) is 3.88. The summed E-state index contributed by atoms with van der Waals surface area (Å²) in [5, 5.41) is 9.61. The number of fused-ring (bicyclic) bond motifs is 1. The third-order valence-electron chi connectivity index (χ3n) is 4.75. The SMILES string of the molecule is CNC(=O)c1n[nH]c2c1CN(C(=O)c1ccc([C@H]3CCCO3)s1)CC2. The molecular weight excluding hydrogens is 340 g/mol. The molecule has 2 aromatic rings. The van der Waals surface area contributed by atoms with E-state index in [9.17, 15) is 9.59 Å². The van der Waals surface area contributed by atoms with Crippen LogP contribution < -0.4 is 5.32 Å². The Balaban J connectivity index is 1.52. The fourth-order valence-electron chi connectivity index (χ4n) is 3.37. The summed E-state index contributed by atoms with van der Waals surface area (Å²) in [6.45, 7) is 1.82. The number of hydrogen-bond acceptors (Lipinski definition) is 5. The zero-order valence-corrected chi connectivity index (χ0v) is 14.8. The normalized spacial score (nSPS) is 19.7. The van der Waals surface area contributed by atoms with E-state index in [0.29, 0.717) is 25.2 Å². The average Bonchev–Trinajstić information content (AvgIpc) is 3.39. The molecule has 4 rings (SSSR count). The van der Waals surface area contributed by atoms with Crippen molar-refractivity contribution in [2.75, 3.05) is 20.2 Å². The van der Waals surface area contributed by atoms with Gasteiger partial charge in [0.25, 0.3) is 11.8 Å². The molecule has 4 heterocycles. The predicted octanol–water partition coefficient (Wildman–Crippen LogP) is 1.88. The number of amides is 2. The zero-order chi connectivity index (χ0) is 17.4. The molecule has 0 saturated carbocycles. The topological polar surface area (TPSA) is 87.3 Å². The van der Waals surface area contributed by atoms with E-state index in [1.54, 1.807) is 11.9 Å². The third kappa shape index (κ3) is 2.96. The third-order valence-corrected chi connectivity index (χ3v) is 5.91. The highest BCUT2D eigenvalue weighted by molar-refractivity contribution is 7.14. The maximum atomic E-state index is 12.9. The van der Waals surface area contributed by atoms with Gasteiger partial charge in [-0.25, -0.2) is 0 Å². The van der Waals surface area contributed by atoms with E-state index in [-0.39, 0.29) is 17.9 Å². The molecule has 0 aromatic carbocycles. The Labute approximate surface area is 149 Å². The first-order chi connectivity index (χ1) is 12.2. The number of rotatable bonds is 3. The van der Waals surface area contributed by atoms with Crippen molar-refractivity contribution in [3.05, 3.63) is 38.8 Å². The summed E-state index contributed by atoms with van der Waals surface area (Å²) in [7, 11) is 1.58. The number of ether oxygens (including phenoxy) is 1. The number of aromatic nitrogens is 2. The number of carbonyl (C=O) groups is 2. The molecular formula is C17H20N4O3S. The van der Waals surface area contributed by atoms with Gasteiger partial charge in [-0.05, 0) is 25.0 Å². The van der Waals surface area contributed by atoms with Gasteiger partial charge in [-0.1, -0.05) is 0 Å². The smallest absolute Gasteiger partial charge is 0.271 e. The Morgan fingerprint density at radius 1 is 1.44 bits per heavy atom. The van der Waals surface area contributed by atoms with E-state index >= 15 is 0 Å². The molecule has 1 atom stereocenters. The van der Waals surface area contributed by atoms with Gasteiger partial charge in [-0.2, -0.15) is 5.10 Å². The molecule has 2 amide bonds. The molecule has 7 nitrogen and oxygen atoms in total. The van der Waals surface area contributed by atoms with Crippen LogP contribution >= 0.6 is 11.3 Å². The lowest BCUT2D eigenvalue weighted by Crippen LogP contribution is -2.36. The van der Waals surface area contributed by atoms with Crippen molar-refractivity contribution >= 4 is 23.2 Å². The quantitative estimate of drug-likeness (QED) is 0.875. The Kier molecular flexibility index (Phi) is 4.30. The van der Waals surface area contributed by atoms with Gasteiger partial charge in [0.2, 0.25) is 0 Å². The van der Waals surface area contributed by atoms with Crippen LogP contribution in [0.15, 0.2) is 12.1 Å². The van der Waals surface area contributed by atoms with Crippen LogP contribution in [0.25, 0.3) is 0 Å². The summed E-state index contributed by atoms with van der Waals surface area (Å²) in [5.74, 6) is -0.229. The van der Waals surface area contributed by atoms with Gasteiger partial charge in [0.05, 0.1) is 17.5 Å². The van der Waals surface area contributed by atoms with E-state index in [1.165, 1.54) is 11.3 Å². The highest BCUT2D eigenvalue weighted by Crippen LogP contribution is 2.34. The highest BCUT2D eigenvalue weighted by atomic mass is 32.1. The molecule has 2 N–H and O–H groups in total. The summed E-state index contributed by atoms with van der Waals surface area (Å²) in [4.78, 5) is 28.4. The second-order valence-electron chi connectivity index (χ2n) is 6.29. The molecule has 0 bridgehead atoms. The second-order valence-corrected chi connectivity index (χ2v) is 7.40. The van der Waals surface area contributed by atoms with E-state index in [2.05, 4.69) is 15.5 Å². The Bertz CT molecular complexity index is 807. The molecule has 2 aromatic heterocycles. The van der Waals surface area contributed by atoms with Crippen LogP contribution in [0.3, 0.4) is 0 Å². The van der Waals surface area contributed by atoms with Crippen LogP contribution in [-0.4, -0.2) is 47.1 Å². The average molecular weight is 360 g/mol. The minimum absolute atomic E-state index is 0.00366. The van der Waals surface area contributed by atoms with Gasteiger partial charge in [-0.3, -0.25) is 14.7 Å². The van der Waals surface area contributed by atoms with Crippen LogP contribution in [0.2, 0.25) is 0 Å². The molecule has 0 spiro atoms. The van der Waals surface area contributed by atoms with Gasteiger partial charge in [-0.15, -0.1) is 11.3 Å². The van der Waals surface area contributed by atoms with Gasteiger partial charge in [0.15, 0.2) is 5.69 Å². The van der Waals surface area contributed by atoms with Crippen LogP contribution in [0.4, 0.5) is 0 Å². The first kappa shape index (κ1) is 16.3. The lowest BCUT2D eigenvalue weighted by atomic mass is 10.0. The number of H-pyrrole nitrogens is 1. The van der Waals surface area contributed by atoms with Crippen LogP contribution in [0.1, 0.15) is 55.2 Å². The minimum atomic E-state index is -0.233. The first-order valence-electron chi connectivity index (χ1n) is 8.46. The summed E-state index contributed by atoms with van der Waals surface area (Å²) >= 11 is 1.51.